The third-order valence-corrected chi connectivity index (χ3v) is 11.6. The molecule has 0 fully saturated rings. The van der Waals surface area contributed by atoms with Gasteiger partial charge in [-0.25, -0.2) is 4.98 Å². The number of fused-ring (bicyclic) bond motifs is 15. The second-order valence-corrected chi connectivity index (χ2v) is 14.2. The number of benzene rings is 8. The number of furan rings is 1. The van der Waals surface area contributed by atoms with Gasteiger partial charge in [0, 0.05) is 22.0 Å². The molecule has 0 atom stereocenters. The average Bonchev–Trinajstić information content (AvgIpc) is 3.96. The second-order valence-electron chi connectivity index (χ2n) is 14.2. The van der Waals surface area contributed by atoms with E-state index < -0.39 is 0 Å². The zero-order chi connectivity index (χ0) is 34.7. The molecule has 2 aliphatic rings. The first-order valence-electron chi connectivity index (χ1n) is 18.2. The Kier molecular flexibility index (Phi) is 5.70. The van der Waals surface area contributed by atoms with Crippen molar-refractivity contribution < 1.29 is 4.42 Å². The van der Waals surface area contributed by atoms with Crippen LogP contribution in [0.1, 0.15) is 22.3 Å². The molecule has 0 N–H and O–H groups in total. The van der Waals surface area contributed by atoms with Crippen molar-refractivity contribution in [2.75, 3.05) is 0 Å². The first-order valence-corrected chi connectivity index (χ1v) is 18.2. The smallest absolute Gasteiger partial charge is 0.145 e. The monoisotopic (exact) mass is 674 g/mol. The quantitative estimate of drug-likeness (QED) is 0.187. The van der Waals surface area contributed by atoms with Crippen molar-refractivity contribution in [1.29, 1.82) is 0 Å². The maximum absolute atomic E-state index is 6.62. The van der Waals surface area contributed by atoms with Crippen LogP contribution in [-0.2, 0) is 5.41 Å². The summed E-state index contributed by atoms with van der Waals surface area (Å²) in [6.07, 6.45) is 0. The highest BCUT2D eigenvalue weighted by atomic mass is 16.3. The van der Waals surface area contributed by atoms with Crippen LogP contribution in [-0.4, -0.2) is 9.55 Å². The molecule has 10 aromatic rings. The lowest BCUT2D eigenvalue weighted by atomic mass is 9.70. The van der Waals surface area contributed by atoms with Crippen molar-refractivity contribution in [1.82, 2.24) is 9.55 Å². The van der Waals surface area contributed by atoms with Gasteiger partial charge >= 0.3 is 0 Å². The lowest BCUT2D eigenvalue weighted by molar-refractivity contribution is 0.668. The molecule has 12 rings (SSSR count). The first kappa shape index (κ1) is 28.7. The van der Waals surface area contributed by atoms with Gasteiger partial charge in [-0.15, -0.1) is 0 Å². The maximum Gasteiger partial charge on any atom is 0.145 e. The third-order valence-electron chi connectivity index (χ3n) is 11.6. The average molecular weight is 675 g/mol. The number of hydrogen-bond acceptors (Lipinski definition) is 2. The molecular weight excluding hydrogens is 645 g/mol. The Labute approximate surface area is 306 Å². The highest BCUT2D eigenvalue weighted by molar-refractivity contribution is 6.17. The number of hydrogen-bond donors (Lipinski definition) is 0. The van der Waals surface area contributed by atoms with Crippen LogP contribution in [0.5, 0.6) is 0 Å². The molecule has 2 aromatic heterocycles. The Morgan fingerprint density at radius 3 is 1.79 bits per heavy atom. The van der Waals surface area contributed by atoms with Crippen molar-refractivity contribution in [3.05, 3.63) is 204 Å². The molecule has 0 amide bonds. The number of aromatic nitrogens is 2. The van der Waals surface area contributed by atoms with Crippen LogP contribution in [0.25, 0.3) is 83.4 Å². The molecule has 3 heteroatoms. The molecule has 246 valence electrons. The molecular formula is C50H30N2O. The number of nitrogens with zero attached hydrogens (tertiary/aromatic N) is 2. The topological polar surface area (TPSA) is 31.0 Å². The standard InChI is InChI=1S/C50H30N2O/c1-2-12-34(13-3-1)52-44-21-11-10-20-43(44)51-49(52)32-24-22-31(23-25-32)33-26-28-45-38(30-33)48-46(53-45)29-27-42-47(48)37-16-6-9-19-41(37)50(42)39-17-7-4-14-35(39)36-15-5-8-18-40(36)50/h1-30H. The predicted octanol–water partition coefficient (Wildman–Crippen LogP) is 12.6. The van der Waals surface area contributed by atoms with E-state index >= 15 is 0 Å². The van der Waals surface area contributed by atoms with Gasteiger partial charge in [0.05, 0.1) is 16.4 Å². The van der Waals surface area contributed by atoms with E-state index in [9.17, 15) is 0 Å². The van der Waals surface area contributed by atoms with E-state index in [1.807, 2.05) is 6.07 Å². The van der Waals surface area contributed by atoms with Crippen LogP contribution >= 0.6 is 0 Å². The van der Waals surface area contributed by atoms with Crippen LogP contribution in [0.4, 0.5) is 0 Å². The normalized spacial score (nSPS) is 13.4. The molecule has 0 saturated carbocycles. The fraction of sp³-hybridized carbons (Fsp3) is 0.0200. The van der Waals surface area contributed by atoms with E-state index in [1.165, 1.54) is 49.9 Å². The molecule has 53 heavy (non-hydrogen) atoms. The van der Waals surface area contributed by atoms with Crippen molar-refractivity contribution in [2.24, 2.45) is 0 Å². The second kappa shape index (κ2) is 10.5. The van der Waals surface area contributed by atoms with Crippen molar-refractivity contribution in [3.63, 3.8) is 0 Å². The summed E-state index contributed by atoms with van der Waals surface area (Å²) in [6, 6.07) is 65.7. The molecule has 0 radical (unpaired) electrons. The van der Waals surface area contributed by atoms with Crippen LogP contribution in [0.3, 0.4) is 0 Å². The molecule has 3 nitrogen and oxygen atoms in total. The molecule has 8 aromatic carbocycles. The summed E-state index contributed by atoms with van der Waals surface area (Å²) in [5.74, 6) is 0.929. The Balaban J connectivity index is 1.04. The molecule has 0 unspecified atom stereocenters. The molecule has 0 saturated heterocycles. The van der Waals surface area contributed by atoms with Crippen LogP contribution in [0, 0.1) is 0 Å². The van der Waals surface area contributed by atoms with Crippen molar-refractivity contribution in [3.8, 4) is 50.5 Å². The summed E-state index contributed by atoms with van der Waals surface area (Å²) in [6.45, 7) is 0. The summed E-state index contributed by atoms with van der Waals surface area (Å²) < 4.78 is 8.87. The lowest BCUT2D eigenvalue weighted by Crippen LogP contribution is -2.25. The molecule has 0 bridgehead atoms. The first-order chi connectivity index (χ1) is 26.3. The summed E-state index contributed by atoms with van der Waals surface area (Å²) in [7, 11) is 0. The van der Waals surface area contributed by atoms with Gasteiger partial charge in [-0.1, -0.05) is 140 Å². The minimum absolute atomic E-state index is 0.388. The van der Waals surface area contributed by atoms with Crippen LogP contribution in [0.2, 0.25) is 0 Å². The van der Waals surface area contributed by atoms with E-state index in [0.717, 1.165) is 55.8 Å². The number of para-hydroxylation sites is 3. The van der Waals surface area contributed by atoms with E-state index in [2.05, 4.69) is 180 Å². The van der Waals surface area contributed by atoms with Crippen LogP contribution < -0.4 is 0 Å². The van der Waals surface area contributed by atoms with E-state index in [1.54, 1.807) is 0 Å². The zero-order valence-electron chi connectivity index (χ0n) is 28.6. The maximum atomic E-state index is 6.62. The van der Waals surface area contributed by atoms with Gasteiger partial charge in [-0.05, 0) is 98.1 Å². The SMILES string of the molecule is c1ccc(-n2c(-c3ccc(-c4ccc5oc6ccc7c(c6c5c4)-c4ccccc4C74c5ccccc5-c5ccccc54)cc3)nc3ccccc32)cc1. The fourth-order valence-corrected chi connectivity index (χ4v) is 9.50. The minimum Gasteiger partial charge on any atom is -0.456 e. The van der Waals surface area contributed by atoms with Gasteiger partial charge in [-0.3, -0.25) is 4.57 Å². The summed E-state index contributed by atoms with van der Waals surface area (Å²) in [5.41, 5.74) is 18.5. The molecule has 1 spiro atoms. The largest absolute Gasteiger partial charge is 0.456 e. The zero-order valence-corrected chi connectivity index (χ0v) is 28.6. The van der Waals surface area contributed by atoms with Gasteiger partial charge in [0.15, 0.2) is 0 Å². The summed E-state index contributed by atoms with van der Waals surface area (Å²) in [5, 5.41) is 2.31. The van der Waals surface area contributed by atoms with Gasteiger partial charge < -0.3 is 4.42 Å². The van der Waals surface area contributed by atoms with Crippen molar-refractivity contribution >= 4 is 33.0 Å². The predicted molar refractivity (Wildman–Crippen MR) is 216 cm³/mol. The lowest BCUT2D eigenvalue weighted by Gasteiger charge is -2.30. The summed E-state index contributed by atoms with van der Waals surface area (Å²) in [4.78, 5) is 5.09. The number of rotatable bonds is 3. The highest BCUT2D eigenvalue weighted by Crippen LogP contribution is 2.64. The Morgan fingerprint density at radius 1 is 0.453 bits per heavy atom. The van der Waals surface area contributed by atoms with E-state index in [-0.39, 0.29) is 5.41 Å². The Bertz CT molecular complexity index is 3060. The van der Waals surface area contributed by atoms with E-state index in [4.69, 9.17) is 9.40 Å². The van der Waals surface area contributed by atoms with Gasteiger partial charge in [0.25, 0.3) is 0 Å². The number of imidazole rings is 1. The minimum atomic E-state index is -0.388. The molecule has 2 aliphatic carbocycles. The third kappa shape index (κ3) is 3.75. The fourth-order valence-electron chi connectivity index (χ4n) is 9.50. The van der Waals surface area contributed by atoms with Gasteiger partial charge in [0.2, 0.25) is 0 Å². The summed E-state index contributed by atoms with van der Waals surface area (Å²) >= 11 is 0. The van der Waals surface area contributed by atoms with Crippen molar-refractivity contribution in [2.45, 2.75) is 5.41 Å². The Morgan fingerprint density at radius 2 is 1.04 bits per heavy atom. The van der Waals surface area contributed by atoms with Crippen LogP contribution in [0.15, 0.2) is 186 Å². The van der Waals surface area contributed by atoms with Gasteiger partial charge in [0.1, 0.15) is 17.0 Å². The van der Waals surface area contributed by atoms with Gasteiger partial charge in [-0.2, -0.15) is 0 Å². The molecule has 2 heterocycles. The Hall–Kier alpha value is -6.97. The van der Waals surface area contributed by atoms with E-state index in [0.29, 0.717) is 0 Å². The highest BCUT2D eigenvalue weighted by Gasteiger charge is 2.52. The molecule has 0 aliphatic heterocycles.